The predicted molar refractivity (Wildman–Crippen MR) is 170 cm³/mol. The van der Waals surface area contributed by atoms with E-state index >= 15 is 0 Å². The van der Waals surface area contributed by atoms with Crippen LogP contribution in [0.3, 0.4) is 0 Å². The van der Waals surface area contributed by atoms with E-state index in [1.54, 1.807) is 43.3 Å². The average molecular weight is 601 g/mol. The van der Waals surface area contributed by atoms with Gasteiger partial charge in [0, 0.05) is 29.4 Å². The van der Waals surface area contributed by atoms with Crippen molar-refractivity contribution in [2.75, 3.05) is 18.0 Å². The third-order valence-corrected chi connectivity index (χ3v) is 8.27. The van der Waals surface area contributed by atoms with Crippen molar-refractivity contribution in [2.24, 2.45) is 0 Å². The fraction of sp³-hybridized carbons (Fsp3) is 0.294. The number of amides is 1. The molecule has 0 bridgehead atoms. The summed E-state index contributed by atoms with van der Waals surface area (Å²) >= 11 is -2.70. The van der Waals surface area contributed by atoms with E-state index in [2.05, 4.69) is 17.6 Å². The topological polar surface area (TPSA) is 111 Å². The maximum atomic E-state index is 13.6. The van der Waals surface area contributed by atoms with Crippen molar-refractivity contribution in [3.8, 4) is 0 Å². The van der Waals surface area contributed by atoms with E-state index in [-0.39, 0.29) is 25.5 Å². The number of fused-ring (bicyclic) bond motifs is 1. The first kappa shape index (κ1) is 31.9. The molecule has 0 radical (unpaired) electrons. The second-order valence-corrected chi connectivity index (χ2v) is 11.1. The number of hydrogen-bond donors (Lipinski definition) is 2. The minimum Gasteiger partial charge on any atom is -0.755 e. The van der Waals surface area contributed by atoms with Crippen LogP contribution in [-0.4, -0.2) is 40.3 Å². The molecule has 2 N–H and O–H groups in total. The maximum Gasteiger partial charge on any atom is 0.328 e. The summed E-state index contributed by atoms with van der Waals surface area (Å²) in [5, 5.41) is 7.96. The molecule has 4 aromatic carbocycles. The lowest BCUT2D eigenvalue weighted by Gasteiger charge is -2.35. The van der Waals surface area contributed by atoms with E-state index in [0.29, 0.717) is 11.3 Å². The number of ether oxygens (including phenoxy) is 1. The smallest absolute Gasteiger partial charge is 0.328 e. The van der Waals surface area contributed by atoms with E-state index in [0.717, 1.165) is 28.3 Å². The molecule has 43 heavy (non-hydrogen) atoms. The standard InChI is InChI=1S/C34H39N3O5S/c1-4-30(35-3)26-17-15-24(16-18-26)21-31(34(39)42-5-2)36-33(38)23-32(27-12-7-6-8-13-27)37(43(40)41)29-20-19-25-11-9-10-14-28(25)22-29/h6-20,22,30-32,35H,4-5,21,23H2,1-3H3,(H,36,38)(H,40,41)/p-1. The molecule has 226 valence electrons. The molecule has 4 aromatic rings. The third kappa shape index (κ3) is 8.28. The van der Waals surface area contributed by atoms with Gasteiger partial charge in [0.05, 0.1) is 19.1 Å². The monoisotopic (exact) mass is 600 g/mol. The van der Waals surface area contributed by atoms with Crippen LogP contribution in [0, 0.1) is 0 Å². The predicted octanol–water partition coefficient (Wildman–Crippen LogP) is 5.53. The second kappa shape index (κ2) is 15.4. The molecule has 0 aliphatic carbocycles. The lowest BCUT2D eigenvalue weighted by molar-refractivity contribution is -0.147. The van der Waals surface area contributed by atoms with E-state index in [9.17, 15) is 18.4 Å². The molecule has 8 nitrogen and oxygen atoms in total. The molecule has 0 aliphatic rings. The van der Waals surface area contributed by atoms with Crippen molar-refractivity contribution >= 4 is 39.6 Å². The highest BCUT2D eigenvalue weighted by molar-refractivity contribution is 7.80. The van der Waals surface area contributed by atoms with Gasteiger partial charge in [-0.3, -0.25) is 13.3 Å². The fourth-order valence-electron chi connectivity index (χ4n) is 5.29. The molecule has 0 aliphatic heterocycles. The number of anilines is 1. The number of nitrogens with one attached hydrogen (secondary N) is 2. The van der Waals surface area contributed by atoms with Crippen LogP contribution in [-0.2, 0) is 32.0 Å². The van der Waals surface area contributed by atoms with Crippen molar-refractivity contribution in [3.63, 3.8) is 0 Å². The molecular weight excluding hydrogens is 562 g/mol. The summed E-state index contributed by atoms with van der Waals surface area (Å²) in [7, 11) is 1.92. The second-order valence-electron chi connectivity index (χ2n) is 10.3. The Bertz CT molecular complexity index is 1530. The highest BCUT2D eigenvalue weighted by atomic mass is 32.2. The first-order chi connectivity index (χ1) is 20.8. The van der Waals surface area contributed by atoms with Crippen molar-refractivity contribution in [2.45, 2.75) is 51.2 Å². The number of esters is 1. The number of hydrogen-bond acceptors (Lipinski definition) is 6. The molecule has 4 rings (SSSR count). The minimum absolute atomic E-state index is 0.169. The number of rotatable bonds is 14. The molecule has 0 fully saturated rings. The first-order valence-corrected chi connectivity index (χ1v) is 15.5. The van der Waals surface area contributed by atoms with Crippen molar-refractivity contribution < 1.29 is 23.1 Å². The summed E-state index contributed by atoms with van der Waals surface area (Å²) in [5.74, 6) is -1.02. The van der Waals surface area contributed by atoms with Crippen LogP contribution in [0.4, 0.5) is 5.69 Å². The summed E-state index contributed by atoms with van der Waals surface area (Å²) in [5.41, 5.74) is 3.08. The van der Waals surface area contributed by atoms with Crippen molar-refractivity contribution in [1.82, 2.24) is 10.6 Å². The number of carbonyl (C=O) groups excluding carboxylic acids is 2. The molecule has 0 heterocycles. The highest BCUT2D eigenvalue weighted by Crippen LogP contribution is 2.33. The van der Waals surface area contributed by atoms with Gasteiger partial charge in [0.2, 0.25) is 5.91 Å². The van der Waals surface area contributed by atoms with Crippen molar-refractivity contribution in [3.05, 3.63) is 114 Å². The molecule has 0 saturated carbocycles. The van der Waals surface area contributed by atoms with Crippen LogP contribution in [0.15, 0.2) is 97.1 Å². The van der Waals surface area contributed by atoms with Gasteiger partial charge < -0.3 is 19.9 Å². The lowest BCUT2D eigenvalue weighted by atomic mass is 9.99. The number of carbonyl (C=O) groups is 2. The quantitative estimate of drug-likeness (QED) is 0.145. The van der Waals surface area contributed by atoms with Gasteiger partial charge >= 0.3 is 5.97 Å². The summed E-state index contributed by atoms with van der Waals surface area (Å²) in [6.45, 7) is 3.99. The minimum atomic E-state index is -2.70. The van der Waals surface area contributed by atoms with Gasteiger partial charge in [0.1, 0.15) is 6.04 Å². The van der Waals surface area contributed by atoms with E-state index in [4.69, 9.17) is 4.74 Å². The molecule has 4 unspecified atom stereocenters. The Kier molecular flexibility index (Phi) is 11.4. The average Bonchev–Trinajstić information content (AvgIpc) is 3.02. The highest BCUT2D eigenvalue weighted by Gasteiger charge is 2.29. The summed E-state index contributed by atoms with van der Waals surface area (Å²) in [6.07, 6.45) is 0.962. The summed E-state index contributed by atoms with van der Waals surface area (Å²) in [6, 6.07) is 28.4. The Balaban J connectivity index is 1.60. The first-order valence-electron chi connectivity index (χ1n) is 14.5. The maximum absolute atomic E-state index is 13.6. The van der Waals surface area contributed by atoms with Gasteiger partial charge in [-0.05, 0) is 60.0 Å². The van der Waals surface area contributed by atoms with Crippen LogP contribution >= 0.6 is 0 Å². The largest absolute Gasteiger partial charge is 0.755 e. The van der Waals surface area contributed by atoms with Crippen LogP contribution in [0.2, 0.25) is 0 Å². The SMILES string of the molecule is CCOC(=O)C(Cc1ccc(C(CC)NC)cc1)NC(=O)CC(c1ccccc1)N(c1ccc2ccccc2c1)S(=O)[O-]. The zero-order valence-electron chi connectivity index (χ0n) is 24.7. The van der Waals surface area contributed by atoms with Gasteiger partial charge in [-0.25, -0.2) is 4.79 Å². The van der Waals surface area contributed by atoms with Gasteiger partial charge in [-0.15, -0.1) is 0 Å². The molecule has 9 heteroatoms. The molecule has 4 atom stereocenters. The summed E-state index contributed by atoms with van der Waals surface area (Å²) in [4.78, 5) is 26.5. The number of benzene rings is 4. The molecule has 0 spiro atoms. The van der Waals surface area contributed by atoms with Crippen LogP contribution < -0.4 is 14.9 Å². The van der Waals surface area contributed by atoms with E-state index in [1.165, 1.54) is 4.31 Å². The molecule has 0 saturated heterocycles. The molecular formula is C34H38N3O5S-. The van der Waals surface area contributed by atoms with Gasteiger partial charge in [-0.1, -0.05) is 91.9 Å². The van der Waals surface area contributed by atoms with E-state index in [1.807, 2.05) is 67.7 Å². The molecule has 0 aromatic heterocycles. The third-order valence-electron chi connectivity index (χ3n) is 7.48. The number of nitrogens with zero attached hydrogens (tertiary/aromatic N) is 1. The van der Waals surface area contributed by atoms with Crippen LogP contribution in [0.1, 0.15) is 55.5 Å². The van der Waals surface area contributed by atoms with Crippen LogP contribution in [0.5, 0.6) is 0 Å². The van der Waals surface area contributed by atoms with Gasteiger partial charge in [-0.2, -0.15) is 0 Å². The Morgan fingerprint density at radius 1 is 0.884 bits per heavy atom. The van der Waals surface area contributed by atoms with E-state index < -0.39 is 35.2 Å². The molecule has 1 amide bonds. The Hall–Kier alpha value is -4.05. The zero-order chi connectivity index (χ0) is 30.8. The van der Waals surface area contributed by atoms with Crippen molar-refractivity contribution in [1.29, 1.82) is 0 Å². The Labute approximate surface area is 255 Å². The summed E-state index contributed by atoms with van der Waals surface area (Å²) < 4.78 is 31.9. The normalized spacial score (nSPS) is 14.0. The lowest BCUT2D eigenvalue weighted by Crippen LogP contribution is -2.45. The zero-order valence-corrected chi connectivity index (χ0v) is 25.5. The van der Waals surface area contributed by atoms with Gasteiger partial charge in [0.25, 0.3) is 0 Å². The Morgan fingerprint density at radius 3 is 2.19 bits per heavy atom. The fourth-order valence-corrected chi connectivity index (χ4v) is 5.98. The van der Waals surface area contributed by atoms with Gasteiger partial charge in [0.15, 0.2) is 0 Å². The van der Waals surface area contributed by atoms with Crippen LogP contribution in [0.25, 0.3) is 10.8 Å². The Morgan fingerprint density at radius 2 is 1.56 bits per heavy atom.